The first-order valence-corrected chi connectivity index (χ1v) is 12.8. The first-order chi connectivity index (χ1) is 15.5. The Morgan fingerprint density at radius 2 is 1.73 bits per heavy atom. The fraction of sp³-hybridized carbons (Fsp3) is 0.208. The molecule has 0 fully saturated rings. The standard InChI is InChI=1S/C24H24Cl2N2O4S/c1-15-4-5-16(2)18(10-15)13-32-23-12-19(7-9-22(23)27-14-33(3,30)31)28-24(29)17-6-8-20(25)21(26)11-17/h4-12,27H,13-14H2,1-3H3,(H,28,29). The summed E-state index contributed by atoms with van der Waals surface area (Å²) in [4.78, 5) is 12.6. The molecule has 0 atom stereocenters. The lowest BCUT2D eigenvalue weighted by atomic mass is 10.1. The van der Waals surface area contributed by atoms with Gasteiger partial charge in [0.2, 0.25) is 0 Å². The highest BCUT2D eigenvalue weighted by Crippen LogP contribution is 2.30. The van der Waals surface area contributed by atoms with Crippen LogP contribution < -0.4 is 15.4 Å². The second-order valence-corrected chi connectivity index (χ2v) is 10.7. The summed E-state index contributed by atoms with van der Waals surface area (Å²) in [5.74, 6) is -0.209. The van der Waals surface area contributed by atoms with E-state index in [9.17, 15) is 13.2 Å². The highest BCUT2D eigenvalue weighted by molar-refractivity contribution is 7.90. The Kier molecular flexibility index (Phi) is 7.89. The van der Waals surface area contributed by atoms with Gasteiger partial charge in [-0.05, 0) is 55.3 Å². The Bertz CT molecular complexity index is 1290. The molecular formula is C24H24Cl2N2O4S. The van der Waals surface area contributed by atoms with Crippen LogP contribution in [0.3, 0.4) is 0 Å². The zero-order valence-electron chi connectivity index (χ0n) is 18.4. The largest absolute Gasteiger partial charge is 0.487 e. The van der Waals surface area contributed by atoms with E-state index in [-0.39, 0.29) is 23.4 Å². The summed E-state index contributed by atoms with van der Waals surface area (Å²) >= 11 is 11.9. The van der Waals surface area contributed by atoms with Crippen LogP contribution in [-0.4, -0.2) is 26.5 Å². The third-order valence-electron chi connectivity index (χ3n) is 4.83. The van der Waals surface area contributed by atoms with Gasteiger partial charge in [0.1, 0.15) is 18.2 Å². The van der Waals surface area contributed by atoms with Crippen LogP contribution in [-0.2, 0) is 16.4 Å². The summed E-state index contributed by atoms with van der Waals surface area (Å²) in [6.07, 6.45) is 1.14. The zero-order chi connectivity index (χ0) is 24.2. The third kappa shape index (κ3) is 7.12. The normalized spacial score (nSPS) is 11.2. The number of nitrogens with one attached hydrogen (secondary N) is 2. The van der Waals surface area contributed by atoms with Crippen molar-refractivity contribution in [3.8, 4) is 5.75 Å². The van der Waals surface area contributed by atoms with Crippen LogP contribution in [0.15, 0.2) is 54.6 Å². The van der Waals surface area contributed by atoms with Crippen LogP contribution in [0.25, 0.3) is 0 Å². The lowest BCUT2D eigenvalue weighted by Gasteiger charge is -2.16. The van der Waals surface area contributed by atoms with Crippen molar-refractivity contribution in [2.45, 2.75) is 20.5 Å². The second-order valence-electron chi connectivity index (χ2n) is 7.76. The van der Waals surface area contributed by atoms with E-state index in [1.54, 1.807) is 30.3 Å². The molecule has 6 nitrogen and oxygen atoms in total. The van der Waals surface area contributed by atoms with Gasteiger partial charge in [-0.3, -0.25) is 4.79 Å². The Morgan fingerprint density at radius 3 is 2.42 bits per heavy atom. The van der Waals surface area contributed by atoms with E-state index in [0.717, 1.165) is 22.9 Å². The molecule has 0 aromatic heterocycles. The van der Waals surface area contributed by atoms with Gasteiger partial charge in [0.25, 0.3) is 5.91 Å². The number of aryl methyl sites for hydroxylation is 2. The number of rotatable bonds is 8. The monoisotopic (exact) mass is 506 g/mol. The number of carbonyl (C=O) groups excluding carboxylic acids is 1. The number of anilines is 2. The third-order valence-corrected chi connectivity index (χ3v) is 6.24. The highest BCUT2D eigenvalue weighted by atomic mass is 35.5. The molecule has 0 aliphatic rings. The fourth-order valence-electron chi connectivity index (χ4n) is 3.03. The number of hydrogen-bond donors (Lipinski definition) is 2. The zero-order valence-corrected chi connectivity index (χ0v) is 20.7. The van der Waals surface area contributed by atoms with Crippen LogP contribution in [0, 0.1) is 13.8 Å². The van der Waals surface area contributed by atoms with Crippen LogP contribution in [0.5, 0.6) is 5.75 Å². The van der Waals surface area contributed by atoms with E-state index >= 15 is 0 Å². The summed E-state index contributed by atoms with van der Waals surface area (Å²) in [6, 6.07) is 15.7. The molecule has 0 aliphatic carbocycles. The molecule has 174 valence electrons. The molecule has 3 aromatic carbocycles. The predicted molar refractivity (Wildman–Crippen MR) is 134 cm³/mol. The Hall–Kier alpha value is -2.74. The van der Waals surface area contributed by atoms with E-state index in [4.69, 9.17) is 27.9 Å². The van der Waals surface area contributed by atoms with Gasteiger partial charge in [-0.25, -0.2) is 8.42 Å². The van der Waals surface area contributed by atoms with E-state index in [2.05, 4.69) is 10.6 Å². The molecule has 33 heavy (non-hydrogen) atoms. The average Bonchev–Trinajstić information content (AvgIpc) is 2.75. The summed E-state index contributed by atoms with van der Waals surface area (Å²) in [7, 11) is -3.25. The lowest BCUT2D eigenvalue weighted by molar-refractivity contribution is 0.102. The molecule has 0 saturated carbocycles. The van der Waals surface area contributed by atoms with Crippen molar-refractivity contribution in [1.29, 1.82) is 0 Å². The molecular weight excluding hydrogens is 483 g/mol. The molecule has 3 rings (SSSR count). The van der Waals surface area contributed by atoms with Crippen LogP contribution in [0.1, 0.15) is 27.0 Å². The summed E-state index contributed by atoms with van der Waals surface area (Å²) in [5.41, 5.74) is 4.52. The number of benzene rings is 3. The van der Waals surface area contributed by atoms with Gasteiger partial charge in [0.15, 0.2) is 9.84 Å². The molecule has 9 heteroatoms. The Labute approximate surface area is 203 Å². The molecule has 0 bridgehead atoms. The van der Waals surface area contributed by atoms with Gasteiger partial charge in [0.05, 0.1) is 15.7 Å². The second kappa shape index (κ2) is 10.5. The van der Waals surface area contributed by atoms with Gasteiger partial charge < -0.3 is 15.4 Å². The Morgan fingerprint density at radius 1 is 0.970 bits per heavy atom. The average molecular weight is 507 g/mol. The first kappa shape index (κ1) is 24.9. The van der Waals surface area contributed by atoms with E-state index in [0.29, 0.717) is 27.7 Å². The molecule has 3 aromatic rings. The minimum atomic E-state index is -3.25. The van der Waals surface area contributed by atoms with E-state index in [1.807, 2.05) is 32.0 Å². The smallest absolute Gasteiger partial charge is 0.255 e. The fourth-order valence-corrected chi connectivity index (χ4v) is 3.74. The molecule has 2 N–H and O–H groups in total. The van der Waals surface area contributed by atoms with Crippen molar-refractivity contribution in [2.75, 3.05) is 22.8 Å². The van der Waals surface area contributed by atoms with E-state index in [1.165, 1.54) is 6.07 Å². The highest BCUT2D eigenvalue weighted by Gasteiger charge is 2.13. The summed E-state index contributed by atoms with van der Waals surface area (Å²) in [5, 5.41) is 6.32. The molecule has 0 spiro atoms. The number of halogens is 2. The van der Waals surface area contributed by atoms with Crippen molar-refractivity contribution >= 4 is 50.3 Å². The van der Waals surface area contributed by atoms with Crippen molar-refractivity contribution in [3.05, 3.63) is 86.9 Å². The van der Waals surface area contributed by atoms with Crippen LogP contribution >= 0.6 is 23.2 Å². The van der Waals surface area contributed by atoms with Crippen molar-refractivity contribution in [3.63, 3.8) is 0 Å². The van der Waals surface area contributed by atoms with Crippen molar-refractivity contribution in [1.82, 2.24) is 0 Å². The topological polar surface area (TPSA) is 84.5 Å². The molecule has 1 amide bonds. The maximum atomic E-state index is 12.6. The first-order valence-electron chi connectivity index (χ1n) is 10.0. The van der Waals surface area contributed by atoms with Gasteiger partial charge in [-0.1, -0.05) is 47.0 Å². The quantitative estimate of drug-likeness (QED) is 0.399. The summed E-state index contributed by atoms with van der Waals surface area (Å²) in [6.45, 7) is 4.28. The molecule has 0 saturated heterocycles. The number of carbonyl (C=O) groups is 1. The number of ether oxygens (including phenoxy) is 1. The molecule has 0 heterocycles. The number of sulfone groups is 1. The van der Waals surface area contributed by atoms with Gasteiger partial charge >= 0.3 is 0 Å². The van der Waals surface area contributed by atoms with Crippen molar-refractivity contribution < 1.29 is 17.9 Å². The van der Waals surface area contributed by atoms with Gasteiger partial charge in [-0.15, -0.1) is 0 Å². The van der Waals surface area contributed by atoms with E-state index < -0.39 is 9.84 Å². The predicted octanol–water partition coefficient (Wildman–Crippen LogP) is 5.86. The lowest BCUT2D eigenvalue weighted by Crippen LogP contribution is -2.14. The molecule has 0 unspecified atom stereocenters. The SMILES string of the molecule is Cc1ccc(C)c(COc2cc(NC(=O)c3ccc(Cl)c(Cl)c3)ccc2NCS(C)(=O)=O)c1. The molecule has 0 aliphatic heterocycles. The number of amides is 1. The maximum Gasteiger partial charge on any atom is 0.255 e. The molecule has 0 radical (unpaired) electrons. The van der Waals surface area contributed by atoms with Crippen LogP contribution in [0.4, 0.5) is 11.4 Å². The van der Waals surface area contributed by atoms with Crippen molar-refractivity contribution in [2.24, 2.45) is 0 Å². The van der Waals surface area contributed by atoms with Crippen LogP contribution in [0.2, 0.25) is 10.0 Å². The minimum absolute atomic E-state index is 0.248. The van der Waals surface area contributed by atoms with Gasteiger partial charge in [0, 0.05) is 23.6 Å². The maximum absolute atomic E-state index is 12.6. The van der Waals surface area contributed by atoms with Gasteiger partial charge in [-0.2, -0.15) is 0 Å². The Balaban J connectivity index is 1.85. The number of hydrogen-bond acceptors (Lipinski definition) is 5. The summed E-state index contributed by atoms with van der Waals surface area (Å²) < 4.78 is 29.3. The minimum Gasteiger partial charge on any atom is -0.487 e.